The molecule has 1 aliphatic carbocycles. The molecule has 1 saturated carbocycles. The van der Waals surface area contributed by atoms with Crippen molar-refractivity contribution in [2.24, 2.45) is 5.92 Å². The number of carbonyl (C=O) groups excluding carboxylic acids is 1. The maximum absolute atomic E-state index is 13.3. The molecule has 6 nitrogen and oxygen atoms in total. The van der Waals surface area contributed by atoms with Crippen molar-refractivity contribution < 1.29 is 13.6 Å². The first-order valence-electron chi connectivity index (χ1n) is 9.89. The van der Waals surface area contributed by atoms with Crippen LogP contribution >= 0.6 is 0 Å². The third-order valence-corrected chi connectivity index (χ3v) is 5.03. The van der Waals surface area contributed by atoms with Gasteiger partial charge in [-0.15, -0.1) is 0 Å². The number of hydrogen-bond donors (Lipinski definition) is 1. The van der Waals surface area contributed by atoms with Gasteiger partial charge in [0.05, 0.1) is 13.0 Å². The third-order valence-electron chi connectivity index (χ3n) is 5.03. The van der Waals surface area contributed by atoms with Crippen molar-refractivity contribution in [3.63, 3.8) is 0 Å². The number of hydrogen-bond acceptors (Lipinski definition) is 4. The van der Waals surface area contributed by atoms with Crippen LogP contribution in [0.1, 0.15) is 24.0 Å². The number of aromatic nitrogens is 3. The van der Waals surface area contributed by atoms with Crippen LogP contribution in [0.4, 0.5) is 20.4 Å². The zero-order valence-corrected chi connectivity index (χ0v) is 16.7. The second kappa shape index (κ2) is 8.61. The van der Waals surface area contributed by atoms with Crippen molar-refractivity contribution in [2.75, 3.05) is 23.8 Å². The molecule has 30 heavy (non-hydrogen) atoms. The van der Waals surface area contributed by atoms with Crippen molar-refractivity contribution in [1.82, 2.24) is 14.8 Å². The molecule has 1 amide bonds. The molecule has 0 aliphatic heterocycles. The van der Waals surface area contributed by atoms with E-state index in [9.17, 15) is 13.6 Å². The molecule has 0 radical (unpaired) electrons. The average molecular weight is 411 g/mol. The van der Waals surface area contributed by atoms with Crippen molar-refractivity contribution in [3.8, 4) is 0 Å². The van der Waals surface area contributed by atoms with Gasteiger partial charge in [-0.25, -0.2) is 13.8 Å². The van der Waals surface area contributed by atoms with E-state index in [1.807, 2.05) is 19.2 Å². The molecule has 4 rings (SSSR count). The second-order valence-electron chi connectivity index (χ2n) is 7.72. The van der Waals surface area contributed by atoms with Gasteiger partial charge in [-0.05, 0) is 48.1 Å². The number of nitrogens with one attached hydrogen (secondary N) is 1. The fourth-order valence-corrected chi connectivity index (χ4v) is 3.24. The first kappa shape index (κ1) is 20.0. The normalized spacial score (nSPS) is 13.3. The van der Waals surface area contributed by atoms with Gasteiger partial charge in [0.1, 0.15) is 5.82 Å². The third kappa shape index (κ3) is 5.20. The monoisotopic (exact) mass is 411 g/mol. The van der Waals surface area contributed by atoms with Crippen molar-refractivity contribution in [2.45, 2.75) is 25.8 Å². The van der Waals surface area contributed by atoms with E-state index in [0.29, 0.717) is 11.4 Å². The summed E-state index contributed by atoms with van der Waals surface area (Å²) in [5.74, 6) is 0.104. The Labute approximate surface area is 173 Å². The van der Waals surface area contributed by atoms with Gasteiger partial charge < -0.3 is 10.2 Å². The summed E-state index contributed by atoms with van der Waals surface area (Å²) in [4.78, 5) is 18.9. The molecule has 0 saturated heterocycles. The lowest BCUT2D eigenvalue weighted by molar-refractivity contribution is -0.115. The van der Waals surface area contributed by atoms with Gasteiger partial charge >= 0.3 is 0 Å². The lowest BCUT2D eigenvalue weighted by Crippen LogP contribution is -2.21. The molecule has 0 spiro atoms. The van der Waals surface area contributed by atoms with E-state index in [-0.39, 0.29) is 18.9 Å². The fraction of sp³-hybridized carbons (Fsp3) is 0.318. The number of nitrogens with zero attached hydrogens (tertiary/aromatic N) is 4. The van der Waals surface area contributed by atoms with Gasteiger partial charge in [0.25, 0.3) is 0 Å². The van der Waals surface area contributed by atoms with E-state index >= 15 is 0 Å². The predicted molar refractivity (Wildman–Crippen MR) is 110 cm³/mol. The van der Waals surface area contributed by atoms with E-state index in [1.54, 1.807) is 23.1 Å². The topological polar surface area (TPSA) is 63.1 Å². The largest absolute Gasteiger partial charge is 0.359 e. The van der Waals surface area contributed by atoms with Gasteiger partial charge in [-0.1, -0.05) is 12.1 Å². The molecule has 3 aromatic rings. The minimum Gasteiger partial charge on any atom is -0.359 e. The van der Waals surface area contributed by atoms with Gasteiger partial charge in [-0.2, -0.15) is 5.10 Å². The lowest BCUT2D eigenvalue weighted by Gasteiger charge is -2.17. The van der Waals surface area contributed by atoms with Crippen molar-refractivity contribution >= 4 is 17.5 Å². The number of benzene rings is 1. The molecule has 0 unspecified atom stereocenters. The molecule has 1 fully saturated rings. The molecular formula is C22H23F2N5O. The molecular weight excluding hydrogens is 388 g/mol. The highest BCUT2D eigenvalue weighted by atomic mass is 19.2. The Morgan fingerprint density at radius 2 is 1.97 bits per heavy atom. The SMILES string of the molecule is CN(CC1CC1)c1ccc(CC(=O)Nc2ccn(Cc3ccc(F)c(F)c3)n2)cn1. The van der Waals surface area contributed by atoms with Gasteiger partial charge in [0.15, 0.2) is 17.5 Å². The summed E-state index contributed by atoms with van der Waals surface area (Å²) < 4.78 is 27.9. The van der Waals surface area contributed by atoms with Crippen LogP contribution in [0, 0.1) is 17.6 Å². The number of rotatable bonds is 8. The molecule has 1 aliphatic rings. The predicted octanol–water partition coefficient (Wildman–Crippen LogP) is 3.63. The summed E-state index contributed by atoms with van der Waals surface area (Å²) in [7, 11) is 2.03. The Kier molecular flexibility index (Phi) is 5.74. The van der Waals surface area contributed by atoms with Gasteiger partial charge in [0.2, 0.25) is 5.91 Å². The van der Waals surface area contributed by atoms with E-state index in [2.05, 4.69) is 20.3 Å². The van der Waals surface area contributed by atoms with E-state index in [1.165, 1.54) is 18.9 Å². The highest BCUT2D eigenvalue weighted by molar-refractivity contribution is 5.91. The second-order valence-corrected chi connectivity index (χ2v) is 7.72. The van der Waals surface area contributed by atoms with Crippen LogP contribution in [0.2, 0.25) is 0 Å². The first-order valence-corrected chi connectivity index (χ1v) is 9.89. The van der Waals surface area contributed by atoms with Crippen LogP contribution in [0.5, 0.6) is 0 Å². The van der Waals surface area contributed by atoms with Crippen molar-refractivity contribution in [3.05, 3.63) is 71.6 Å². The van der Waals surface area contributed by atoms with Crippen LogP contribution in [0.25, 0.3) is 0 Å². The van der Waals surface area contributed by atoms with Gasteiger partial charge in [-0.3, -0.25) is 9.48 Å². The van der Waals surface area contributed by atoms with Crippen LogP contribution in [-0.2, 0) is 17.8 Å². The first-order chi connectivity index (χ1) is 14.5. The summed E-state index contributed by atoms with van der Waals surface area (Å²) in [6.45, 7) is 1.28. The standard InChI is InChI=1S/C22H23F2N5O/c1-28(13-15-2-3-15)21-7-5-16(12-25-21)11-22(30)26-20-8-9-29(27-20)14-17-4-6-18(23)19(24)10-17/h4-10,12,15H,2-3,11,13-14H2,1H3,(H,26,27,30). The molecule has 2 aromatic heterocycles. The van der Waals surface area contributed by atoms with Crippen LogP contribution in [-0.4, -0.2) is 34.3 Å². The Bertz CT molecular complexity index is 1030. The molecule has 1 N–H and O–H groups in total. The quantitative estimate of drug-likeness (QED) is 0.615. The van der Waals surface area contributed by atoms with Crippen LogP contribution < -0.4 is 10.2 Å². The minimum atomic E-state index is -0.897. The maximum Gasteiger partial charge on any atom is 0.230 e. The summed E-state index contributed by atoms with van der Waals surface area (Å²) in [6.07, 6.45) is 6.16. The smallest absolute Gasteiger partial charge is 0.230 e. The number of amides is 1. The van der Waals surface area contributed by atoms with Gasteiger partial charge in [0, 0.05) is 32.1 Å². The summed E-state index contributed by atoms with van der Waals surface area (Å²) in [5, 5.41) is 7.00. The zero-order valence-electron chi connectivity index (χ0n) is 16.7. The highest BCUT2D eigenvalue weighted by Crippen LogP contribution is 2.30. The summed E-state index contributed by atoms with van der Waals surface area (Å²) in [5.41, 5.74) is 1.39. The Balaban J connectivity index is 1.30. The fourth-order valence-electron chi connectivity index (χ4n) is 3.24. The molecule has 8 heteroatoms. The minimum absolute atomic E-state index is 0.190. The Morgan fingerprint density at radius 3 is 2.67 bits per heavy atom. The van der Waals surface area contributed by atoms with E-state index in [0.717, 1.165) is 36.0 Å². The molecule has 0 bridgehead atoms. The number of carbonyl (C=O) groups is 1. The number of pyridine rings is 1. The Hall–Kier alpha value is -3.29. The maximum atomic E-state index is 13.3. The summed E-state index contributed by atoms with van der Waals surface area (Å²) in [6, 6.07) is 9.21. The molecule has 1 aromatic carbocycles. The molecule has 2 heterocycles. The average Bonchev–Trinajstić information content (AvgIpc) is 3.43. The molecule has 156 valence electrons. The molecule has 0 atom stereocenters. The number of anilines is 2. The van der Waals surface area contributed by atoms with E-state index < -0.39 is 11.6 Å². The number of halogens is 2. The highest BCUT2D eigenvalue weighted by Gasteiger charge is 2.23. The summed E-state index contributed by atoms with van der Waals surface area (Å²) >= 11 is 0. The zero-order chi connectivity index (χ0) is 21.1. The Morgan fingerprint density at radius 1 is 1.17 bits per heavy atom. The lowest BCUT2D eigenvalue weighted by atomic mass is 10.2. The van der Waals surface area contributed by atoms with Crippen LogP contribution in [0.15, 0.2) is 48.8 Å². The van der Waals surface area contributed by atoms with Crippen molar-refractivity contribution in [1.29, 1.82) is 0 Å². The van der Waals surface area contributed by atoms with Crippen LogP contribution in [0.3, 0.4) is 0 Å². The van der Waals surface area contributed by atoms with E-state index in [4.69, 9.17) is 0 Å².